The fourth-order valence-corrected chi connectivity index (χ4v) is 2.03. The van der Waals surface area contributed by atoms with Gasteiger partial charge in [-0.1, -0.05) is 12.2 Å². The summed E-state index contributed by atoms with van der Waals surface area (Å²) >= 11 is 0. The number of aromatic nitrogens is 2. The van der Waals surface area contributed by atoms with E-state index in [0.29, 0.717) is 12.5 Å². The minimum atomic E-state index is -0.0333. The van der Waals surface area contributed by atoms with Crippen molar-refractivity contribution in [2.45, 2.75) is 33.7 Å². The van der Waals surface area contributed by atoms with Crippen molar-refractivity contribution >= 4 is 11.9 Å². The molecule has 0 spiro atoms. The number of hydrogen-bond acceptors (Lipinski definition) is 3. The van der Waals surface area contributed by atoms with Gasteiger partial charge < -0.3 is 15.5 Å². The smallest absolute Gasteiger partial charge is 0.243 e. The third-order valence-electron chi connectivity index (χ3n) is 3.37. The van der Waals surface area contributed by atoms with E-state index in [1.165, 1.54) is 10.6 Å². The Kier molecular flexibility index (Phi) is 8.01. The van der Waals surface area contributed by atoms with Crippen molar-refractivity contribution in [1.82, 2.24) is 25.3 Å². The first-order valence-corrected chi connectivity index (χ1v) is 8.17. The summed E-state index contributed by atoms with van der Waals surface area (Å²) in [5, 5.41) is 10.9. The van der Waals surface area contributed by atoms with E-state index < -0.39 is 0 Å². The summed E-state index contributed by atoms with van der Waals surface area (Å²) in [6, 6.07) is 2.07. The highest BCUT2D eigenvalue weighted by atomic mass is 16.2. The lowest BCUT2D eigenvalue weighted by atomic mass is 10.3. The maximum atomic E-state index is 11.7. The van der Waals surface area contributed by atoms with Crippen LogP contribution in [-0.2, 0) is 11.3 Å². The van der Waals surface area contributed by atoms with Crippen LogP contribution in [0.2, 0.25) is 0 Å². The second kappa shape index (κ2) is 9.75. The zero-order valence-electron chi connectivity index (χ0n) is 15.5. The molecule has 7 heteroatoms. The van der Waals surface area contributed by atoms with Crippen molar-refractivity contribution in [1.29, 1.82) is 0 Å². The second-order valence-corrected chi connectivity index (χ2v) is 6.19. The van der Waals surface area contributed by atoms with Crippen LogP contribution in [0, 0.1) is 13.8 Å². The van der Waals surface area contributed by atoms with E-state index in [1.807, 2.05) is 18.5 Å². The van der Waals surface area contributed by atoms with E-state index >= 15 is 0 Å². The van der Waals surface area contributed by atoms with E-state index in [-0.39, 0.29) is 12.5 Å². The molecule has 0 atom stereocenters. The first-order valence-electron chi connectivity index (χ1n) is 8.17. The molecule has 7 nitrogen and oxygen atoms in total. The van der Waals surface area contributed by atoms with E-state index in [0.717, 1.165) is 30.8 Å². The third kappa shape index (κ3) is 7.30. The van der Waals surface area contributed by atoms with Crippen LogP contribution in [0.3, 0.4) is 0 Å². The molecule has 1 rings (SSSR count). The first kappa shape index (κ1) is 19.7. The Morgan fingerprint density at radius 1 is 1.38 bits per heavy atom. The van der Waals surface area contributed by atoms with E-state index in [4.69, 9.17) is 0 Å². The maximum Gasteiger partial charge on any atom is 0.243 e. The third-order valence-corrected chi connectivity index (χ3v) is 3.37. The van der Waals surface area contributed by atoms with Gasteiger partial charge in [0.25, 0.3) is 0 Å². The number of carbonyl (C=O) groups excluding carboxylic acids is 1. The number of hydrogen-bond donors (Lipinski definition) is 2. The fraction of sp³-hybridized carbons (Fsp3) is 0.588. The average molecular weight is 334 g/mol. The summed E-state index contributed by atoms with van der Waals surface area (Å²) in [5.74, 6) is 0.593. The van der Waals surface area contributed by atoms with Crippen LogP contribution in [-0.4, -0.2) is 60.3 Å². The standard InChI is InChI=1S/C17H30N6O/c1-13(2)11-19-17(20-12-16(24)22(5)6)18-8-7-9-23-15(4)10-14(3)21-23/h10H,1,7-9,11-12H2,2-6H3,(H2,18,19,20). The summed E-state index contributed by atoms with van der Waals surface area (Å²) in [6.45, 7) is 12.2. The quantitative estimate of drug-likeness (QED) is 0.323. The molecule has 0 aliphatic carbocycles. The molecule has 0 saturated carbocycles. The fourth-order valence-electron chi connectivity index (χ4n) is 2.03. The molecule has 0 aliphatic heterocycles. The molecule has 134 valence electrons. The second-order valence-electron chi connectivity index (χ2n) is 6.19. The molecule has 0 aromatic carbocycles. The van der Waals surface area contributed by atoms with Crippen molar-refractivity contribution in [2.24, 2.45) is 4.99 Å². The van der Waals surface area contributed by atoms with Gasteiger partial charge in [-0.15, -0.1) is 0 Å². The number of nitrogens with one attached hydrogen (secondary N) is 2. The Morgan fingerprint density at radius 3 is 2.62 bits per heavy atom. The Bertz CT molecular complexity index is 588. The van der Waals surface area contributed by atoms with Crippen LogP contribution >= 0.6 is 0 Å². The lowest BCUT2D eigenvalue weighted by Gasteiger charge is -2.14. The number of guanidine groups is 1. The maximum absolute atomic E-state index is 11.7. The number of aryl methyl sites for hydroxylation is 3. The molecule has 0 aliphatic rings. The van der Waals surface area contributed by atoms with E-state index in [1.54, 1.807) is 14.1 Å². The van der Waals surface area contributed by atoms with Crippen LogP contribution < -0.4 is 10.6 Å². The molecular weight excluding hydrogens is 304 g/mol. The first-order chi connectivity index (χ1) is 11.3. The van der Waals surface area contributed by atoms with Crippen molar-refractivity contribution in [2.75, 3.05) is 33.7 Å². The van der Waals surface area contributed by atoms with Gasteiger partial charge in [-0.2, -0.15) is 5.10 Å². The summed E-state index contributed by atoms with van der Waals surface area (Å²) in [6.07, 6.45) is 0.914. The predicted octanol–water partition coefficient (Wildman–Crippen LogP) is 1.09. The summed E-state index contributed by atoms with van der Waals surface area (Å²) in [4.78, 5) is 17.5. The largest absolute Gasteiger partial charge is 0.356 e. The van der Waals surface area contributed by atoms with Crippen molar-refractivity contribution in [3.8, 4) is 0 Å². The highest BCUT2D eigenvalue weighted by Gasteiger charge is 2.05. The molecular formula is C17H30N6O. The zero-order chi connectivity index (χ0) is 18.1. The number of rotatable bonds is 8. The number of nitrogens with zero attached hydrogens (tertiary/aromatic N) is 4. The molecule has 1 heterocycles. The molecule has 1 aromatic rings. The highest BCUT2D eigenvalue weighted by molar-refractivity contribution is 5.84. The SMILES string of the molecule is C=C(C)CNC(=NCC(=O)N(C)C)NCCCn1nc(C)cc1C. The molecule has 0 unspecified atom stereocenters. The van der Waals surface area contributed by atoms with Crippen LogP contribution in [0.4, 0.5) is 0 Å². The van der Waals surface area contributed by atoms with E-state index in [9.17, 15) is 4.79 Å². The van der Waals surface area contributed by atoms with Gasteiger partial charge in [0.15, 0.2) is 5.96 Å². The number of likely N-dealkylation sites (N-methyl/N-ethyl adjacent to an activating group) is 1. The number of carbonyl (C=O) groups is 1. The van der Waals surface area contributed by atoms with Crippen molar-refractivity contribution in [3.63, 3.8) is 0 Å². The Hall–Kier alpha value is -2.31. The van der Waals surface area contributed by atoms with Crippen molar-refractivity contribution < 1.29 is 4.79 Å². The van der Waals surface area contributed by atoms with Crippen LogP contribution in [0.1, 0.15) is 24.7 Å². The molecule has 0 fully saturated rings. The molecule has 24 heavy (non-hydrogen) atoms. The normalized spacial score (nSPS) is 11.3. The minimum absolute atomic E-state index is 0.0333. The predicted molar refractivity (Wildman–Crippen MR) is 98.1 cm³/mol. The lowest BCUT2D eigenvalue weighted by molar-refractivity contribution is -0.127. The van der Waals surface area contributed by atoms with E-state index in [2.05, 4.69) is 40.3 Å². The summed E-state index contributed by atoms with van der Waals surface area (Å²) in [5.41, 5.74) is 3.21. The Balaban J connectivity index is 2.48. The average Bonchev–Trinajstić information content (AvgIpc) is 2.82. The van der Waals surface area contributed by atoms with Gasteiger partial charge in [0, 0.05) is 39.4 Å². The monoisotopic (exact) mass is 334 g/mol. The molecule has 1 aromatic heterocycles. The molecule has 0 radical (unpaired) electrons. The van der Waals surface area contributed by atoms with Gasteiger partial charge in [0.2, 0.25) is 5.91 Å². The van der Waals surface area contributed by atoms with Crippen LogP contribution in [0.5, 0.6) is 0 Å². The summed E-state index contributed by atoms with van der Waals surface area (Å²) < 4.78 is 2.00. The Labute approximate surface area is 144 Å². The topological polar surface area (TPSA) is 74.6 Å². The van der Waals surface area contributed by atoms with Crippen LogP contribution in [0.15, 0.2) is 23.2 Å². The number of amides is 1. The van der Waals surface area contributed by atoms with Gasteiger partial charge in [0.05, 0.1) is 5.69 Å². The lowest BCUT2D eigenvalue weighted by Crippen LogP contribution is -2.39. The van der Waals surface area contributed by atoms with Gasteiger partial charge in [-0.3, -0.25) is 9.48 Å². The van der Waals surface area contributed by atoms with Crippen molar-refractivity contribution in [3.05, 3.63) is 29.6 Å². The minimum Gasteiger partial charge on any atom is -0.356 e. The molecule has 2 N–H and O–H groups in total. The molecule has 0 saturated heterocycles. The van der Waals surface area contributed by atoms with Gasteiger partial charge >= 0.3 is 0 Å². The molecule has 1 amide bonds. The summed E-state index contributed by atoms with van der Waals surface area (Å²) in [7, 11) is 3.45. The molecule has 0 bridgehead atoms. The highest BCUT2D eigenvalue weighted by Crippen LogP contribution is 2.02. The van der Waals surface area contributed by atoms with Gasteiger partial charge in [0.1, 0.15) is 6.54 Å². The number of aliphatic imine (C=N–C) groups is 1. The Morgan fingerprint density at radius 2 is 2.08 bits per heavy atom. The zero-order valence-corrected chi connectivity index (χ0v) is 15.5. The van der Waals surface area contributed by atoms with Gasteiger partial charge in [-0.25, -0.2) is 4.99 Å². The van der Waals surface area contributed by atoms with Gasteiger partial charge in [-0.05, 0) is 33.3 Å². The van der Waals surface area contributed by atoms with Crippen LogP contribution in [0.25, 0.3) is 0 Å².